The third kappa shape index (κ3) is 2.46. The van der Waals surface area contributed by atoms with Gasteiger partial charge in [-0.15, -0.1) is 5.10 Å². The first-order valence-corrected chi connectivity index (χ1v) is 5.65. The van der Waals surface area contributed by atoms with E-state index >= 15 is 0 Å². The Morgan fingerprint density at radius 3 is 2.65 bits per heavy atom. The molecule has 1 amide bonds. The standard InChI is InChI=1S/C11H16N4O2/c1-7-6-9(12)13-14-10(7)8-2-4-15(5-3-8)11(16)17/h6,8H,2-5H2,1H3,(H2,12,13)(H,16,17). The second-order valence-corrected chi connectivity index (χ2v) is 4.38. The quantitative estimate of drug-likeness (QED) is 0.765. The summed E-state index contributed by atoms with van der Waals surface area (Å²) in [6.07, 6.45) is 0.751. The van der Waals surface area contributed by atoms with Gasteiger partial charge in [-0.1, -0.05) is 0 Å². The van der Waals surface area contributed by atoms with Crippen LogP contribution in [-0.2, 0) is 0 Å². The van der Waals surface area contributed by atoms with Gasteiger partial charge in [0.25, 0.3) is 0 Å². The molecule has 6 nitrogen and oxygen atoms in total. The molecule has 0 aliphatic carbocycles. The lowest BCUT2D eigenvalue weighted by molar-refractivity contribution is 0.131. The number of anilines is 1. The van der Waals surface area contributed by atoms with E-state index < -0.39 is 6.09 Å². The molecular formula is C11H16N4O2. The van der Waals surface area contributed by atoms with Gasteiger partial charge in [-0.3, -0.25) is 0 Å². The second-order valence-electron chi connectivity index (χ2n) is 4.38. The molecule has 1 aliphatic heterocycles. The first kappa shape index (κ1) is 11.6. The molecule has 1 saturated heterocycles. The van der Waals surface area contributed by atoms with Crippen molar-refractivity contribution in [2.75, 3.05) is 18.8 Å². The first-order valence-electron chi connectivity index (χ1n) is 5.65. The number of carbonyl (C=O) groups is 1. The maximum Gasteiger partial charge on any atom is 0.407 e. The van der Waals surface area contributed by atoms with E-state index in [4.69, 9.17) is 10.8 Å². The Balaban J connectivity index is 2.08. The van der Waals surface area contributed by atoms with Crippen molar-refractivity contribution in [2.45, 2.75) is 25.7 Å². The van der Waals surface area contributed by atoms with Crippen LogP contribution in [0.25, 0.3) is 0 Å². The Kier molecular flexibility index (Phi) is 3.12. The Bertz CT molecular complexity index is 427. The summed E-state index contributed by atoms with van der Waals surface area (Å²) in [7, 11) is 0. The number of likely N-dealkylation sites (tertiary alicyclic amines) is 1. The molecule has 3 N–H and O–H groups in total. The number of nitrogens with zero attached hydrogens (tertiary/aromatic N) is 3. The highest BCUT2D eigenvalue weighted by molar-refractivity contribution is 5.65. The first-order chi connectivity index (χ1) is 8.08. The van der Waals surface area contributed by atoms with E-state index in [9.17, 15) is 4.79 Å². The average molecular weight is 236 g/mol. The smallest absolute Gasteiger partial charge is 0.407 e. The predicted molar refractivity (Wildman–Crippen MR) is 62.8 cm³/mol. The maximum absolute atomic E-state index is 10.8. The molecule has 0 radical (unpaired) electrons. The third-order valence-corrected chi connectivity index (χ3v) is 3.19. The summed E-state index contributed by atoms with van der Waals surface area (Å²) in [6.45, 7) is 3.08. The Labute approximate surface area is 99.4 Å². The Morgan fingerprint density at radius 1 is 1.47 bits per heavy atom. The van der Waals surface area contributed by atoms with Gasteiger partial charge in [0.1, 0.15) is 5.82 Å². The van der Waals surface area contributed by atoms with E-state index in [1.165, 1.54) is 4.90 Å². The zero-order valence-corrected chi connectivity index (χ0v) is 9.76. The number of rotatable bonds is 1. The summed E-state index contributed by atoms with van der Waals surface area (Å²) < 4.78 is 0. The highest BCUT2D eigenvalue weighted by atomic mass is 16.4. The molecule has 0 bridgehead atoms. The molecule has 1 fully saturated rings. The Hall–Kier alpha value is -1.85. The lowest BCUT2D eigenvalue weighted by Gasteiger charge is -2.29. The predicted octanol–water partition coefficient (Wildman–Crippen LogP) is 1.22. The van der Waals surface area contributed by atoms with Gasteiger partial charge >= 0.3 is 6.09 Å². The molecule has 92 valence electrons. The zero-order chi connectivity index (χ0) is 12.4. The van der Waals surface area contributed by atoms with Crippen LogP contribution in [0.3, 0.4) is 0 Å². The van der Waals surface area contributed by atoms with Crippen molar-refractivity contribution < 1.29 is 9.90 Å². The highest BCUT2D eigenvalue weighted by Gasteiger charge is 2.25. The van der Waals surface area contributed by atoms with Crippen LogP contribution in [0, 0.1) is 6.92 Å². The van der Waals surface area contributed by atoms with Crippen molar-refractivity contribution in [3.63, 3.8) is 0 Å². The Morgan fingerprint density at radius 2 is 2.12 bits per heavy atom. The van der Waals surface area contributed by atoms with Gasteiger partial charge in [0.15, 0.2) is 0 Å². The van der Waals surface area contributed by atoms with Crippen LogP contribution in [0.4, 0.5) is 10.6 Å². The molecule has 1 aromatic heterocycles. The number of amides is 1. The maximum atomic E-state index is 10.8. The molecule has 0 saturated carbocycles. The number of piperidine rings is 1. The van der Waals surface area contributed by atoms with Crippen LogP contribution in [0.5, 0.6) is 0 Å². The number of hydrogen-bond donors (Lipinski definition) is 2. The fourth-order valence-electron chi connectivity index (χ4n) is 2.26. The SMILES string of the molecule is Cc1cc(N)nnc1C1CCN(C(=O)O)CC1. The van der Waals surface area contributed by atoms with Gasteiger partial charge in [0.05, 0.1) is 5.69 Å². The molecule has 1 aromatic rings. The number of carboxylic acid groups (broad SMARTS) is 1. The van der Waals surface area contributed by atoms with E-state index in [0.29, 0.717) is 24.8 Å². The molecule has 6 heteroatoms. The van der Waals surface area contributed by atoms with Crippen molar-refractivity contribution in [3.05, 3.63) is 17.3 Å². The molecule has 0 unspecified atom stereocenters. The zero-order valence-electron chi connectivity index (χ0n) is 9.76. The van der Waals surface area contributed by atoms with Crippen LogP contribution in [0.15, 0.2) is 6.07 Å². The second kappa shape index (κ2) is 4.57. The third-order valence-electron chi connectivity index (χ3n) is 3.19. The minimum absolute atomic E-state index is 0.290. The minimum Gasteiger partial charge on any atom is -0.465 e. The number of hydrogen-bond acceptors (Lipinski definition) is 4. The molecule has 0 aromatic carbocycles. The monoisotopic (exact) mass is 236 g/mol. The summed E-state index contributed by atoms with van der Waals surface area (Å²) in [5.74, 6) is 0.716. The lowest BCUT2D eigenvalue weighted by atomic mass is 9.91. The van der Waals surface area contributed by atoms with E-state index in [2.05, 4.69) is 10.2 Å². The van der Waals surface area contributed by atoms with Crippen LogP contribution in [0.1, 0.15) is 30.0 Å². The van der Waals surface area contributed by atoms with Crippen LogP contribution in [-0.4, -0.2) is 39.4 Å². The summed E-state index contributed by atoms with van der Waals surface area (Å²) in [6, 6.07) is 1.81. The average Bonchev–Trinajstić information content (AvgIpc) is 2.29. The van der Waals surface area contributed by atoms with Gasteiger partial charge in [0.2, 0.25) is 0 Å². The molecule has 17 heavy (non-hydrogen) atoms. The topological polar surface area (TPSA) is 92.3 Å². The van der Waals surface area contributed by atoms with E-state index in [1.807, 2.05) is 13.0 Å². The summed E-state index contributed by atoms with van der Waals surface area (Å²) in [5, 5.41) is 16.9. The van der Waals surface area contributed by atoms with Crippen molar-refractivity contribution >= 4 is 11.9 Å². The van der Waals surface area contributed by atoms with Gasteiger partial charge in [-0.25, -0.2) is 4.79 Å². The van der Waals surface area contributed by atoms with Gasteiger partial charge in [0, 0.05) is 19.0 Å². The summed E-state index contributed by atoms with van der Waals surface area (Å²) in [4.78, 5) is 12.2. The van der Waals surface area contributed by atoms with Gasteiger partial charge < -0.3 is 15.7 Å². The fraction of sp³-hybridized carbons (Fsp3) is 0.545. The molecule has 0 atom stereocenters. The summed E-state index contributed by atoms with van der Waals surface area (Å²) in [5.41, 5.74) is 7.54. The number of nitrogen functional groups attached to an aromatic ring is 1. The minimum atomic E-state index is -0.844. The lowest BCUT2D eigenvalue weighted by Crippen LogP contribution is -2.37. The van der Waals surface area contributed by atoms with Crippen molar-refractivity contribution in [3.8, 4) is 0 Å². The molecule has 0 spiro atoms. The van der Waals surface area contributed by atoms with Crippen molar-refractivity contribution in [2.24, 2.45) is 0 Å². The number of aromatic nitrogens is 2. The molecule has 2 rings (SSSR count). The number of aryl methyl sites for hydroxylation is 1. The van der Waals surface area contributed by atoms with E-state index in [-0.39, 0.29) is 0 Å². The van der Waals surface area contributed by atoms with Crippen LogP contribution < -0.4 is 5.73 Å². The highest BCUT2D eigenvalue weighted by Crippen LogP contribution is 2.28. The van der Waals surface area contributed by atoms with Gasteiger partial charge in [-0.05, 0) is 31.4 Å². The number of nitrogens with two attached hydrogens (primary N) is 1. The van der Waals surface area contributed by atoms with Crippen molar-refractivity contribution in [1.82, 2.24) is 15.1 Å². The molecular weight excluding hydrogens is 220 g/mol. The van der Waals surface area contributed by atoms with Gasteiger partial charge in [-0.2, -0.15) is 5.10 Å². The normalized spacial score (nSPS) is 17.1. The fourth-order valence-corrected chi connectivity index (χ4v) is 2.26. The van der Waals surface area contributed by atoms with E-state index in [0.717, 1.165) is 24.1 Å². The van der Waals surface area contributed by atoms with Crippen LogP contribution in [0.2, 0.25) is 0 Å². The van der Waals surface area contributed by atoms with Crippen molar-refractivity contribution in [1.29, 1.82) is 0 Å². The summed E-state index contributed by atoms with van der Waals surface area (Å²) >= 11 is 0. The van der Waals surface area contributed by atoms with E-state index in [1.54, 1.807) is 0 Å². The molecule has 2 heterocycles. The van der Waals surface area contributed by atoms with Crippen LogP contribution >= 0.6 is 0 Å². The largest absolute Gasteiger partial charge is 0.465 e. The molecule has 1 aliphatic rings.